The molecule has 0 amide bonds. The molecule has 0 atom stereocenters. The number of carbonyl (C=O) groups excluding carboxylic acids is 2. The van der Waals surface area contributed by atoms with Crippen molar-refractivity contribution in [3.63, 3.8) is 0 Å². The van der Waals surface area contributed by atoms with Crippen molar-refractivity contribution in [3.8, 4) is 0 Å². The van der Waals surface area contributed by atoms with Gasteiger partial charge in [0.05, 0.1) is 6.42 Å². The van der Waals surface area contributed by atoms with Crippen LogP contribution in [0.15, 0.2) is 24.3 Å². The van der Waals surface area contributed by atoms with E-state index in [1.807, 2.05) is 6.92 Å². The number of ketones is 1. The standard InChI is InChI=1S/C10H10O3/c1-7-2-4-8(5-3-7)9(11)6-10(12)13/h2-5H,6H2,1H3,(H,12,13)/p-1. The fourth-order valence-corrected chi connectivity index (χ4v) is 0.973. The SMILES string of the molecule is Cc1ccc(C(=O)CC(=O)[O-])cc1. The van der Waals surface area contributed by atoms with E-state index in [1.165, 1.54) is 0 Å². The summed E-state index contributed by atoms with van der Waals surface area (Å²) in [5, 5.41) is 10.1. The average Bonchev–Trinajstić information content (AvgIpc) is 2.04. The monoisotopic (exact) mass is 177 g/mol. The van der Waals surface area contributed by atoms with Gasteiger partial charge in [0.1, 0.15) is 0 Å². The summed E-state index contributed by atoms with van der Waals surface area (Å²) < 4.78 is 0. The first-order chi connectivity index (χ1) is 6.09. The summed E-state index contributed by atoms with van der Waals surface area (Å²) in [6.07, 6.45) is -0.553. The Balaban J connectivity index is 2.78. The van der Waals surface area contributed by atoms with Crippen LogP contribution in [-0.4, -0.2) is 11.8 Å². The van der Waals surface area contributed by atoms with Crippen LogP contribution in [0.3, 0.4) is 0 Å². The van der Waals surface area contributed by atoms with Crippen LogP contribution in [-0.2, 0) is 4.79 Å². The van der Waals surface area contributed by atoms with E-state index < -0.39 is 18.2 Å². The number of carboxylic acid groups (broad SMARTS) is 1. The Kier molecular flexibility index (Phi) is 2.80. The molecule has 0 heterocycles. The number of carbonyl (C=O) groups is 2. The molecule has 0 aromatic heterocycles. The highest BCUT2D eigenvalue weighted by Gasteiger charge is 2.04. The van der Waals surface area contributed by atoms with Gasteiger partial charge < -0.3 is 9.90 Å². The summed E-state index contributed by atoms with van der Waals surface area (Å²) in [7, 11) is 0. The Hall–Kier alpha value is -1.64. The van der Waals surface area contributed by atoms with E-state index in [0.717, 1.165) is 5.56 Å². The van der Waals surface area contributed by atoms with Crippen molar-refractivity contribution < 1.29 is 14.7 Å². The number of Topliss-reactive ketones (excluding diaryl/α,β-unsaturated/α-hetero) is 1. The molecule has 0 saturated carbocycles. The summed E-state index contributed by atoms with van der Waals surface area (Å²) >= 11 is 0. The molecule has 13 heavy (non-hydrogen) atoms. The molecule has 1 aromatic rings. The highest BCUT2D eigenvalue weighted by atomic mass is 16.4. The summed E-state index contributed by atoms with van der Waals surface area (Å²) in [6, 6.07) is 6.76. The average molecular weight is 177 g/mol. The first-order valence-corrected chi connectivity index (χ1v) is 3.89. The van der Waals surface area contributed by atoms with Crippen LogP contribution in [0.1, 0.15) is 22.3 Å². The Morgan fingerprint density at radius 3 is 2.23 bits per heavy atom. The fourth-order valence-electron chi connectivity index (χ4n) is 0.973. The highest BCUT2D eigenvalue weighted by Crippen LogP contribution is 2.05. The van der Waals surface area contributed by atoms with Crippen LogP contribution in [0.5, 0.6) is 0 Å². The van der Waals surface area contributed by atoms with Crippen molar-refractivity contribution >= 4 is 11.8 Å². The summed E-state index contributed by atoms with van der Waals surface area (Å²) in [4.78, 5) is 21.3. The van der Waals surface area contributed by atoms with Crippen LogP contribution in [0.2, 0.25) is 0 Å². The van der Waals surface area contributed by atoms with Gasteiger partial charge in [0.2, 0.25) is 0 Å². The third-order valence-electron chi connectivity index (χ3n) is 1.68. The predicted molar refractivity (Wildman–Crippen MR) is 45.1 cm³/mol. The van der Waals surface area contributed by atoms with Gasteiger partial charge in [-0.1, -0.05) is 29.8 Å². The molecule has 0 bridgehead atoms. The second-order valence-electron chi connectivity index (χ2n) is 2.84. The zero-order chi connectivity index (χ0) is 9.84. The van der Waals surface area contributed by atoms with Crippen LogP contribution in [0.25, 0.3) is 0 Å². The zero-order valence-corrected chi connectivity index (χ0v) is 7.24. The molecule has 0 spiro atoms. The number of hydrogen-bond acceptors (Lipinski definition) is 3. The van der Waals surface area contributed by atoms with Gasteiger partial charge >= 0.3 is 0 Å². The van der Waals surface area contributed by atoms with E-state index in [2.05, 4.69) is 0 Å². The van der Waals surface area contributed by atoms with Crippen LogP contribution in [0.4, 0.5) is 0 Å². The van der Waals surface area contributed by atoms with Crippen molar-refractivity contribution in [2.45, 2.75) is 13.3 Å². The third kappa shape index (κ3) is 2.71. The van der Waals surface area contributed by atoms with Gasteiger partial charge in [-0.25, -0.2) is 0 Å². The van der Waals surface area contributed by atoms with Crippen molar-refractivity contribution in [2.75, 3.05) is 0 Å². The first kappa shape index (κ1) is 9.45. The first-order valence-electron chi connectivity index (χ1n) is 3.89. The molecule has 0 saturated heterocycles. The van der Waals surface area contributed by atoms with Crippen LogP contribution < -0.4 is 5.11 Å². The molecule has 1 rings (SSSR count). The van der Waals surface area contributed by atoms with E-state index >= 15 is 0 Å². The van der Waals surface area contributed by atoms with Crippen molar-refractivity contribution in [3.05, 3.63) is 35.4 Å². The van der Waals surface area contributed by atoms with Gasteiger partial charge in [-0.05, 0) is 6.92 Å². The number of aryl methyl sites for hydroxylation is 1. The maximum absolute atomic E-state index is 11.1. The normalized spacial score (nSPS) is 9.62. The van der Waals surface area contributed by atoms with Gasteiger partial charge in [-0.3, -0.25) is 4.79 Å². The van der Waals surface area contributed by atoms with Crippen molar-refractivity contribution in [1.82, 2.24) is 0 Å². The molecule has 3 heteroatoms. The Labute approximate surface area is 76.0 Å². The highest BCUT2D eigenvalue weighted by molar-refractivity contribution is 6.04. The number of rotatable bonds is 3. The molecular weight excluding hydrogens is 168 g/mol. The van der Waals surface area contributed by atoms with E-state index in [0.29, 0.717) is 5.56 Å². The molecule has 0 unspecified atom stereocenters. The van der Waals surface area contributed by atoms with E-state index in [1.54, 1.807) is 24.3 Å². The minimum atomic E-state index is -1.34. The lowest BCUT2D eigenvalue weighted by Crippen LogP contribution is -2.25. The quantitative estimate of drug-likeness (QED) is 0.493. The molecule has 1 aromatic carbocycles. The lowest BCUT2D eigenvalue weighted by atomic mass is 10.1. The van der Waals surface area contributed by atoms with Crippen LogP contribution >= 0.6 is 0 Å². The van der Waals surface area contributed by atoms with Crippen molar-refractivity contribution in [1.29, 1.82) is 0 Å². The second-order valence-corrected chi connectivity index (χ2v) is 2.84. The summed E-state index contributed by atoms with van der Waals surface area (Å²) in [6.45, 7) is 1.90. The minimum absolute atomic E-state index is 0.412. The smallest absolute Gasteiger partial charge is 0.168 e. The second kappa shape index (κ2) is 3.85. The summed E-state index contributed by atoms with van der Waals surface area (Å²) in [5.74, 6) is -1.76. The van der Waals surface area contributed by atoms with Gasteiger partial charge in [0.25, 0.3) is 0 Å². The number of aliphatic carboxylic acids is 1. The zero-order valence-electron chi connectivity index (χ0n) is 7.24. The summed E-state index contributed by atoms with van der Waals surface area (Å²) in [5.41, 5.74) is 1.44. The molecule has 0 aliphatic carbocycles. The van der Waals surface area contributed by atoms with Gasteiger partial charge in [0.15, 0.2) is 5.78 Å². The topological polar surface area (TPSA) is 57.2 Å². The van der Waals surface area contributed by atoms with Crippen molar-refractivity contribution in [2.24, 2.45) is 0 Å². The molecule has 0 fully saturated rings. The molecule has 3 nitrogen and oxygen atoms in total. The van der Waals surface area contributed by atoms with Crippen LogP contribution in [0, 0.1) is 6.92 Å². The van der Waals surface area contributed by atoms with E-state index in [-0.39, 0.29) is 0 Å². The number of benzene rings is 1. The molecular formula is C10H9O3-. The Morgan fingerprint density at radius 2 is 1.77 bits per heavy atom. The Morgan fingerprint density at radius 1 is 1.23 bits per heavy atom. The number of hydrogen-bond donors (Lipinski definition) is 0. The minimum Gasteiger partial charge on any atom is -0.550 e. The largest absolute Gasteiger partial charge is 0.550 e. The third-order valence-corrected chi connectivity index (χ3v) is 1.68. The molecule has 0 N–H and O–H groups in total. The lowest BCUT2D eigenvalue weighted by Gasteiger charge is -2.01. The number of carboxylic acids is 1. The Bertz CT molecular complexity index is 325. The molecule has 0 aliphatic heterocycles. The van der Waals surface area contributed by atoms with Gasteiger partial charge in [-0.15, -0.1) is 0 Å². The molecule has 0 radical (unpaired) electrons. The molecule has 68 valence electrons. The van der Waals surface area contributed by atoms with Gasteiger partial charge in [-0.2, -0.15) is 0 Å². The van der Waals surface area contributed by atoms with E-state index in [4.69, 9.17) is 0 Å². The lowest BCUT2D eigenvalue weighted by molar-refractivity contribution is -0.304. The fraction of sp³-hybridized carbons (Fsp3) is 0.200. The maximum Gasteiger partial charge on any atom is 0.168 e. The maximum atomic E-state index is 11.1. The predicted octanol–water partition coefficient (Wildman–Crippen LogP) is 0.318. The van der Waals surface area contributed by atoms with Gasteiger partial charge in [0, 0.05) is 11.5 Å². The van der Waals surface area contributed by atoms with E-state index in [9.17, 15) is 14.7 Å². The molecule has 0 aliphatic rings.